The Bertz CT molecular complexity index is 1070. The summed E-state index contributed by atoms with van der Waals surface area (Å²) in [6.45, 7) is 1.13. The maximum absolute atomic E-state index is 13.3. The molecule has 8 heteroatoms. The van der Waals surface area contributed by atoms with Crippen LogP contribution in [-0.4, -0.2) is 27.4 Å². The lowest BCUT2D eigenvalue weighted by Crippen LogP contribution is -2.35. The molecule has 0 atom stereocenters. The van der Waals surface area contributed by atoms with Gasteiger partial charge in [-0.2, -0.15) is 10.1 Å². The fourth-order valence-corrected chi connectivity index (χ4v) is 4.09. The molecule has 7 nitrogen and oxygen atoms in total. The van der Waals surface area contributed by atoms with Gasteiger partial charge in [0, 0.05) is 30.2 Å². The zero-order valence-electron chi connectivity index (χ0n) is 15.4. The number of hydrogen-bond acceptors (Lipinski definition) is 6. The number of nitrogens with zero attached hydrogens (tertiary/aromatic N) is 3. The van der Waals surface area contributed by atoms with E-state index in [9.17, 15) is 9.18 Å². The van der Waals surface area contributed by atoms with E-state index in [0.29, 0.717) is 30.3 Å². The Morgan fingerprint density at radius 2 is 2.04 bits per heavy atom. The standard InChI is InChI=1S/C20H21FN4O3/c21-13-1-6-17-18(10-13)28-20(23-17)22-14-2-4-15(5-3-14)25-19(26)9-12-11-27-8-7-16(12)24-25/h1,6,9-10,14-15H,2-5,7-8,11H2,(H,22,23). The van der Waals surface area contributed by atoms with Gasteiger partial charge < -0.3 is 14.5 Å². The summed E-state index contributed by atoms with van der Waals surface area (Å²) in [7, 11) is 0. The predicted molar refractivity (Wildman–Crippen MR) is 101 cm³/mol. The van der Waals surface area contributed by atoms with Gasteiger partial charge in [-0.05, 0) is 37.8 Å². The fourth-order valence-electron chi connectivity index (χ4n) is 4.09. The quantitative estimate of drug-likeness (QED) is 0.747. The molecule has 2 aromatic heterocycles. The molecule has 1 N–H and O–H groups in total. The van der Waals surface area contributed by atoms with Gasteiger partial charge in [-0.25, -0.2) is 9.07 Å². The third-order valence-electron chi connectivity index (χ3n) is 5.58. The number of ether oxygens (including phenoxy) is 1. The SMILES string of the molecule is O=c1cc2c(nn1C1CCC(Nc3nc4ccc(F)cc4o3)CC1)CCOC2. The molecule has 3 heterocycles. The first-order valence-corrected chi connectivity index (χ1v) is 9.68. The summed E-state index contributed by atoms with van der Waals surface area (Å²) in [5.41, 5.74) is 2.90. The van der Waals surface area contributed by atoms with Crippen LogP contribution >= 0.6 is 0 Å². The van der Waals surface area contributed by atoms with Crippen LogP contribution in [-0.2, 0) is 17.8 Å². The molecule has 1 saturated carbocycles. The van der Waals surface area contributed by atoms with E-state index >= 15 is 0 Å². The molecule has 0 bridgehead atoms. The maximum Gasteiger partial charge on any atom is 0.295 e. The van der Waals surface area contributed by atoms with Gasteiger partial charge in [0.25, 0.3) is 11.6 Å². The molecule has 1 aromatic carbocycles. The number of nitrogens with one attached hydrogen (secondary N) is 1. The van der Waals surface area contributed by atoms with Gasteiger partial charge in [0.2, 0.25) is 0 Å². The van der Waals surface area contributed by atoms with Crippen LogP contribution < -0.4 is 10.9 Å². The van der Waals surface area contributed by atoms with E-state index < -0.39 is 0 Å². The predicted octanol–water partition coefficient (Wildman–Crippen LogP) is 3.19. The minimum Gasteiger partial charge on any atom is -0.423 e. The summed E-state index contributed by atoms with van der Waals surface area (Å²) in [5, 5.41) is 7.92. The summed E-state index contributed by atoms with van der Waals surface area (Å²) in [6.07, 6.45) is 4.23. The molecule has 0 radical (unpaired) electrons. The van der Waals surface area contributed by atoms with Crippen LogP contribution in [0, 0.1) is 5.82 Å². The van der Waals surface area contributed by atoms with E-state index in [2.05, 4.69) is 15.4 Å². The summed E-state index contributed by atoms with van der Waals surface area (Å²) < 4.78 is 26.0. The summed E-state index contributed by atoms with van der Waals surface area (Å²) in [6, 6.07) is 6.71. The fraction of sp³-hybridized carbons (Fsp3) is 0.450. The third kappa shape index (κ3) is 3.28. The van der Waals surface area contributed by atoms with Gasteiger partial charge in [0.1, 0.15) is 11.3 Å². The average molecular weight is 384 g/mol. The molecule has 0 amide bonds. The van der Waals surface area contributed by atoms with E-state index in [4.69, 9.17) is 9.15 Å². The zero-order chi connectivity index (χ0) is 19.1. The Hall–Kier alpha value is -2.74. The van der Waals surface area contributed by atoms with Crippen LogP contribution in [0.15, 0.2) is 33.5 Å². The molecular formula is C20H21FN4O3. The lowest BCUT2D eigenvalue weighted by molar-refractivity contribution is 0.107. The molecule has 0 unspecified atom stereocenters. The van der Waals surface area contributed by atoms with Gasteiger partial charge in [-0.15, -0.1) is 0 Å². The average Bonchev–Trinajstić information content (AvgIpc) is 3.09. The highest BCUT2D eigenvalue weighted by atomic mass is 19.1. The Morgan fingerprint density at radius 3 is 2.89 bits per heavy atom. The van der Waals surface area contributed by atoms with Crippen molar-refractivity contribution in [1.82, 2.24) is 14.8 Å². The largest absolute Gasteiger partial charge is 0.423 e. The van der Waals surface area contributed by atoms with Crippen molar-refractivity contribution in [2.24, 2.45) is 0 Å². The van der Waals surface area contributed by atoms with Crippen molar-refractivity contribution in [1.29, 1.82) is 0 Å². The number of hydrogen-bond donors (Lipinski definition) is 1. The minimum atomic E-state index is -0.342. The lowest BCUT2D eigenvalue weighted by Gasteiger charge is -2.29. The molecule has 3 aromatic rings. The number of halogens is 1. The van der Waals surface area contributed by atoms with Crippen molar-refractivity contribution in [3.8, 4) is 0 Å². The van der Waals surface area contributed by atoms with Crippen LogP contribution in [0.3, 0.4) is 0 Å². The topological polar surface area (TPSA) is 82.2 Å². The molecular weight excluding hydrogens is 363 g/mol. The van der Waals surface area contributed by atoms with Gasteiger partial charge in [-0.1, -0.05) is 0 Å². The Balaban J connectivity index is 1.26. The molecule has 1 fully saturated rings. The monoisotopic (exact) mass is 384 g/mol. The van der Waals surface area contributed by atoms with Crippen molar-refractivity contribution in [2.45, 2.75) is 50.8 Å². The second kappa shape index (κ2) is 7.01. The Morgan fingerprint density at radius 1 is 1.18 bits per heavy atom. The number of rotatable bonds is 3. The highest BCUT2D eigenvalue weighted by Crippen LogP contribution is 2.30. The maximum atomic E-state index is 13.3. The van der Waals surface area contributed by atoms with Gasteiger partial charge >= 0.3 is 0 Å². The normalized spacial score (nSPS) is 22.2. The van der Waals surface area contributed by atoms with Crippen LogP contribution in [0.5, 0.6) is 0 Å². The van der Waals surface area contributed by atoms with Crippen molar-refractivity contribution < 1.29 is 13.5 Å². The lowest BCUT2D eigenvalue weighted by atomic mass is 9.91. The van der Waals surface area contributed by atoms with Crippen LogP contribution in [0.2, 0.25) is 0 Å². The molecule has 1 aliphatic carbocycles. The van der Waals surface area contributed by atoms with E-state index in [-0.39, 0.29) is 23.5 Å². The van der Waals surface area contributed by atoms with E-state index in [1.807, 2.05) is 0 Å². The van der Waals surface area contributed by atoms with Gasteiger partial charge in [0.15, 0.2) is 5.58 Å². The highest BCUT2D eigenvalue weighted by molar-refractivity contribution is 5.74. The number of fused-ring (bicyclic) bond motifs is 2. The van der Waals surface area contributed by atoms with Crippen LogP contribution in [0.25, 0.3) is 11.1 Å². The van der Waals surface area contributed by atoms with Crippen molar-refractivity contribution in [3.05, 3.63) is 51.7 Å². The van der Waals surface area contributed by atoms with Crippen molar-refractivity contribution in [2.75, 3.05) is 11.9 Å². The van der Waals surface area contributed by atoms with E-state index in [1.54, 1.807) is 16.8 Å². The summed E-state index contributed by atoms with van der Waals surface area (Å²) in [4.78, 5) is 16.8. The number of oxazole rings is 1. The number of anilines is 1. The van der Waals surface area contributed by atoms with E-state index in [1.165, 1.54) is 12.1 Å². The first kappa shape index (κ1) is 17.4. The van der Waals surface area contributed by atoms with E-state index in [0.717, 1.165) is 43.4 Å². The highest BCUT2D eigenvalue weighted by Gasteiger charge is 2.26. The molecule has 0 spiro atoms. The number of aromatic nitrogens is 3. The first-order valence-electron chi connectivity index (χ1n) is 9.68. The summed E-state index contributed by atoms with van der Waals surface area (Å²) in [5.74, 6) is -0.342. The Labute approximate surface area is 160 Å². The smallest absolute Gasteiger partial charge is 0.295 e. The van der Waals surface area contributed by atoms with Gasteiger partial charge in [-0.3, -0.25) is 4.79 Å². The minimum absolute atomic E-state index is 0.0540. The van der Waals surface area contributed by atoms with Crippen molar-refractivity contribution >= 4 is 17.1 Å². The number of benzene rings is 1. The van der Waals surface area contributed by atoms with Crippen LogP contribution in [0.1, 0.15) is 43.0 Å². The second-order valence-corrected chi connectivity index (χ2v) is 7.48. The summed E-state index contributed by atoms with van der Waals surface area (Å²) >= 11 is 0. The third-order valence-corrected chi connectivity index (χ3v) is 5.58. The Kier molecular flexibility index (Phi) is 4.35. The molecule has 5 rings (SSSR count). The molecule has 0 saturated heterocycles. The van der Waals surface area contributed by atoms with Gasteiger partial charge in [0.05, 0.1) is 24.9 Å². The molecule has 1 aliphatic heterocycles. The molecule has 146 valence electrons. The zero-order valence-corrected chi connectivity index (χ0v) is 15.4. The van der Waals surface area contributed by atoms with Crippen LogP contribution in [0.4, 0.5) is 10.4 Å². The molecule has 28 heavy (non-hydrogen) atoms. The molecule has 2 aliphatic rings. The van der Waals surface area contributed by atoms with Crippen molar-refractivity contribution in [3.63, 3.8) is 0 Å². The second-order valence-electron chi connectivity index (χ2n) is 7.48. The first-order chi connectivity index (χ1) is 13.7.